The fraction of sp³-hybridized carbons (Fsp3) is 0.364. The van der Waals surface area contributed by atoms with Gasteiger partial charge in [-0.3, -0.25) is 9.59 Å². The van der Waals surface area contributed by atoms with Crippen molar-refractivity contribution in [2.75, 3.05) is 13.2 Å². The van der Waals surface area contributed by atoms with Gasteiger partial charge in [0.15, 0.2) is 6.61 Å². The van der Waals surface area contributed by atoms with Crippen LogP contribution < -0.4 is 10.1 Å². The predicted molar refractivity (Wildman–Crippen MR) is 124 cm³/mol. The molecule has 0 saturated carbocycles. The first-order chi connectivity index (χ1) is 13.9. The van der Waals surface area contributed by atoms with Gasteiger partial charge in [-0.2, -0.15) is 0 Å². The third-order valence-corrected chi connectivity index (χ3v) is 5.37. The van der Waals surface area contributed by atoms with Gasteiger partial charge in [0, 0.05) is 21.7 Å². The summed E-state index contributed by atoms with van der Waals surface area (Å²) in [5, 5.41) is 3.48. The molecule has 5 nitrogen and oxygen atoms in total. The molecule has 0 radical (unpaired) electrons. The summed E-state index contributed by atoms with van der Waals surface area (Å²) in [5.41, 5.74) is 0.855. The number of halogens is 2. The van der Waals surface area contributed by atoms with Gasteiger partial charge in [-0.1, -0.05) is 37.1 Å². The van der Waals surface area contributed by atoms with Gasteiger partial charge in [-0.05, 0) is 77.9 Å². The van der Waals surface area contributed by atoms with Crippen LogP contribution in [-0.4, -0.2) is 35.9 Å². The van der Waals surface area contributed by atoms with E-state index in [9.17, 15) is 9.59 Å². The summed E-state index contributed by atoms with van der Waals surface area (Å²) in [6.07, 6.45) is 1.89. The number of amides is 2. The third-order valence-electron chi connectivity index (χ3n) is 4.41. The van der Waals surface area contributed by atoms with Crippen LogP contribution >= 0.6 is 34.2 Å². The van der Waals surface area contributed by atoms with Crippen molar-refractivity contribution < 1.29 is 14.3 Å². The van der Waals surface area contributed by atoms with Gasteiger partial charge in [0.05, 0.1) is 0 Å². The van der Waals surface area contributed by atoms with Crippen molar-refractivity contribution in [3.05, 3.63) is 62.7 Å². The Labute approximate surface area is 190 Å². The van der Waals surface area contributed by atoms with Crippen LogP contribution in [0.1, 0.15) is 32.3 Å². The number of carbonyl (C=O) groups excluding carboxylic acids is 2. The minimum atomic E-state index is -0.626. The number of nitrogens with one attached hydrogen (secondary N) is 1. The minimum Gasteiger partial charge on any atom is -0.484 e. The molecule has 1 atom stereocenters. The lowest BCUT2D eigenvalue weighted by molar-refractivity contribution is -0.142. The van der Waals surface area contributed by atoms with E-state index in [-0.39, 0.29) is 25.0 Å². The second-order valence-corrected chi connectivity index (χ2v) is 8.40. The van der Waals surface area contributed by atoms with Crippen LogP contribution in [-0.2, 0) is 16.1 Å². The lowest BCUT2D eigenvalue weighted by Crippen LogP contribution is -2.49. The molecule has 2 amide bonds. The lowest BCUT2D eigenvalue weighted by Gasteiger charge is -2.28. The molecule has 0 spiro atoms. The summed E-state index contributed by atoms with van der Waals surface area (Å²) in [6, 6.07) is 14.1. The summed E-state index contributed by atoms with van der Waals surface area (Å²) < 4.78 is 6.73. The number of unbranched alkanes of at least 4 members (excludes halogenated alkanes) is 1. The van der Waals surface area contributed by atoms with Gasteiger partial charge in [-0.25, -0.2) is 0 Å². The van der Waals surface area contributed by atoms with Crippen molar-refractivity contribution >= 4 is 46.0 Å². The van der Waals surface area contributed by atoms with Crippen LogP contribution in [0.4, 0.5) is 0 Å². The quantitative estimate of drug-likeness (QED) is 0.361. The first kappa shape index (κ1) is 23.5. The molecule has 0 saturated heterocycles. The molecule has 0 fully saturated rings. The summed E-state index contributed by atoms with van der Waals surface area (Å²) >= 11 is 8.29. The zero-order valence-corrected chi connectivity index (χ0v) is 19.6. The van der Waals surface area contributed by atoms with Crippen molar-refractivity contribution in [3.63, 3.8) is 0 Å². The Balaban J connectivity index is 2.10. The number of hydrogen-bond donors (Lipinski definition) is 1. The summed E-state index contributed by atoms with van der Waals surface area (Å²) in [7, 11) is 0. The molecule has 0 heterocycles. The number of rotatable bonds is 10. The van der Waals surface area contributed by atoms with E-state index in [0.717, 1.165) is 22.0 Å². The van der Waals surface area contributed by atoms with E-state index in [1.165, 1.54) is 4.90 Å². The number of ether oxygens (including phenoxy) is 1. The molecular weight excluding hydrogens is 503 g/mol. The molecule has 2 aromatic carbocycles. The first-order valence-electron chi connectivity index (χ1n) is 9.60. The number of nitrogens with zero attached hydrogens (tertiary/aromatic N) is 1. The molecule has 7 heteroatoms. The van der Waals surface area contributed by atoms with Crippen LogP contribution in [0.5, 0.6) is 5.75 Å². The Kier molecular flexibility index (Phi) is 9.73. The average molecular weight is 529 g/mol. The van der Waals surface area contributed by atoms with Crippen molar-refractivity contribution in [2.24, 2.45) is 0 Å². The average Bonchev–Trinajstić information content (AvgIpc) is 2.71. The lowest BCUT2D eigenvalue weighted by atomic mass is 10.1. The standard InChI is InChI=1S/C22H26ClIN2O3/c1-3-4-12-25-22(28)16(2)26(14-17-6-5-7-18(23)13-17)21(27)15-29-20-10-8-19(24)9-11-20/h5-11,13,16H,3-4,12,14-15H2,1-2H3,(H,25,28)/t16-/m1/s1. The van der Waals surface area contributed by atoms with Crippen LogP contribution in [0.2, 0.25) is 5.02 Å². The van der Waals surface area contributed by atoms with E-state index in [1.54, 1.807) is 19.1 Å². The zero-order valence-electron chi connectivity index (χ0n) is 16.7. The minimum absolute atomic E-state index is 0.145. The van der Waals surface area contributed by atoms with Gasteiger partial charge < -0.3 is 15.0 Å². The molecule has 0 aromatic heterocycles. The van der Waals surface area contributed by atoms with Gasteiger partial charge in [0.2, 0.25) is 5.91 Å². The highest BCUT2D eigenvalue weighted by Gasteiger charge is 2.26. The molecule has 0 aliphatic heterocycles. The summed E-state index contributed by atoms with van der Waals surface area (Å²) in [6.45, 7) is 4.52. The van der Waals surface area contributed by atoms with E-state index in [2.05, 4.69) is 34.8 Å². The molecule has 0 bridgehead atoms. The Bertz CT molecular complexity index is 814. The number of benzene rings is 2. The topological polar surface area (TPSA) is 58.6 Å². The molecular formula is C22H26ClIN2O3. The Morgan fingerprint density at radius 2 is 1.93 bits per heavy atom. The zero-order chi connectivity index (χ0) is 21.2. The van der Waals surface area contributed by atoms with Crippen molar-refractivity contribution in [2.45, 2.75) is 39.3 Å². The molecule has 156 valence electrons. The molecule has 2 aromatic rings. The van der Waals surface area contributed by atoms with Crippen molar-refractivity contribution in [3.8, 4) is 5.75 Å². The van der Waals surface area contributed by atoms with Gasteiger partial charge in [0.1, 0.15) is 11.8 Å². The predicted octanol–water partition coefficient (Wildman–Crippen LogP) is 4.66. The van der Waals surface area contributed by atoms with Gasteiger partial charge >= 0.3 is 0 Å². The maximum absolute atomic E-state index is 12.9. The molecule has 0 aliphatic rings. The van der Waals surface area contributed by atoms with E-state index in [1.807, 2.05) is 36.4 Å². The normalized spacial score (nSPS) is 11.6. The molecule has 0 aliphatic carbocycles. The second kappa shape index (κ2) is 12.0. The van der Waals surface area contributed by atoms with E-state index in [0.29, 0.717) is 17.3 Å². The van der Waals surface area contributed by atoms with Gasteiger partial charge in [0.25, 0.3) is 5.91 Å². The van der Waals surface area contributed by atoms with E-state index < -0.39 is 6.04 Å². The van der Waals surface area contributed by atoms with Crippen molar-refractivity contribution in [1.29, 1.82) is 0 Å². The molecule has 2 rings (SSSR count). The van der Waals surface area contributed by atoms with E-state index >= 15 is 0 Å². The largest absolute Gasteiger partial charge is 0.484 e. The van der Waals surface area contributed by atoms with Crippen LogP contribution in [0.25, 0.3) is 0 Å². The molecule has 1 N–H and O–H groups in total. The van der Waals surface area contributed by atoms with Gasteiger partial charge in [-0.15, -0.1) is 0 Å². The maximum atomic E-state index is 12.9. The Hall–Kier alpha value is -1.80. The fourth-order valence-electron chi connectivity index (χ4n) is 2.71. The highest BCUT2D eigenvalue weighted by atomic mass is 127. The second-order valence-electron chi connectivity index (χ2n) is 6.71. The Morgan fingerprint density at radius 3 is 2.59 bits per heavy atom. The first-order valence-corrected chi connectivity index (χ1v) is 11.1. The van der Waals surface area contributed by atoms with Crippen LogP contribution in [0.15, 0.2) is 48.5 Å². The third kappa shape index (κ3) is 7.85. The van der Waals surface area contributed by atoms with Crippen LogP contribution in [0.3, 0.4) is 0 Å². The number of hydrogen-bond acceptors (Lipinski definition) is 3. The highest BCUT2D eigenvalue weighted by Crippen LogP contribution is 2.17. The summed E-state index contributed by atoms with van der Waals surface area (Å²) in [5.74, 6) is 0.172. The fourth-order valence-corrected chi connectivity index (χ4v) is 3.28. The highest BCUT2D eigenvalue weighted by molar-refractivity contribution is 14.1. The van der Waals surface area contributed by atoms with Crippen molar-refractivity contribution in [1.82, 2.24) is 10.2 Å². The number of carbonyl (C=O) groups is 2. The maximum Gasteiger partial charge on any atom is 0.261 e. The monoisotopic (exact) mass is 528 g/mol. The van der Waals surface area contributed by atoms with E-state index in [4.69, 9.17) is 16.3 Å². The molecule has 0 unspecified atom stereocenters. The molecule has 29 heavy (non-hydrogen) atoms. The smallest absolute Gasteiger partial charge is 0.261 e. The SMILES string of the molecule is CCCCNC(=O)[C@@H](C)N(Cc1cccc(Cl)c1)C(=O)COc1ccc(I)cc1. The summed E-state index contributed by atoms with van der Waals surface area (Å²) in [4.78, 5) is 27.0. The van der Waals surface area contributed by atoms with Crippen LogP contribution in [0, 0.1) is 3.57 Å². The Morgan fingerprint density at radius 1 is 1.21 bits per heavy atom.